The average Bonchev–Trinajstić information content (AvgIpc) is 3.45. The maximum Gasteiger partial charge on any atom is 0.305 e. The van der Waals surface area contributed by atoms with Gasteiger partial charge in [-0.05, 0) is 103 Å². The van der Waals surface area contributed by atoms with Gasteiger partial charge in [0.05, 0.1) is 31.5 Å². The van der Waals surface area contributed by atoms with Crippen molar-refractivity contribution in [3.8, 4) is 0 Å². The summed E-state index contributed by atoms with van der Waals surface area (Å²) < 4.78 is 11.6. The predicted octanol–water partition coefficient (Wildman–Crippen LogP) is 5.11. The molecule has 0 aromatic heterocycles. The Labute approximate surface area is 211 Å². The summed E-state index contributed by atoms with van der Waals surface area (Å²) in [6, 6.07) is 0. The fourth-order valence-electron chi connectivity index (χ4n) is 12.0. The van der Waals surface area contributed by atoms with Crippen molar-refractivity contribution in [1.29, 1.82) is 0 Å². The van der Waals surface area contributed by atoms with E-state index in [4.69, 9.17) is 9.47 Å². The third-order valence-corrected chi connectivity index (χ3v) is 13.8. The Kier molecular flexibility index (Phi) is 5.27. The molecule has 0 aromatic carbocycles. The van der Waals surface area contributed by atoms with Crippen molar-refractivity contribution in [1.82, 2.24) is 0 Å². The lowest BCUT2D eigenvalue weighted by Gasteiger charge is -2.63. The molecule has 1 saturated heterocycles. The molecule has 6 rings (SSSR count). The molecular weight excluding hydrogens is 440 g/mol. The summed E-state index contributed by atoms with van der Waals surface area (Å²) in [5, 5.41) is 23.0. The summed E-state index contributed by atoms with van der Waals surface area (Å²) in [5.74, 6) is 1.79. The second kappa shape index (κ2) is 7.47. The largest absolute Gasteiger partial charge is 0.469 e. The third-order valence-electron chi connectivity index (χ3n) is 13.8. The van der Waals surface area contributed by atoms with Gasteiger partial charge in [-0.3, -0.25) is 4.79 Å². The van der Waals surface area contributed by atoms with Crippen LogP contribution in [0.15, 0.2) is 0 Å². The number of ether oxygens (including phenoxy) is 2. The van der Waals surface area contributed by atoms with Gasteiger partial charge in [0.2, 0.25) is 0 Å². The molecular formula is C30H48O5. The molecule has 0 aromatic rings. The van der Waals surface area contributed by atoms with Crippen LogP contribution in [0.4, 0.5) is 0 Å². The van der Waals surface area contributed by atoms with Crippen LogP contribution in [0.2, 0.25) is 0 Å². The molecule has 2 spiro atoms. The van der Waals surface area contributed by atoms with Gasteiger partial charge < -0.3 is 19.7 Å². The second-order valence-corrected chi connectivity index (χ2v) is 14.8. The van der Waals surface area contributed by atoms with E-state index in [-0.39, 0.29) is 40.5 Å². The number of aliphatic hydroxyl groups excluding tert-OH is 2. The predicted molar refractivity (Wildman–Crippen MR) is 133 cm³/mol. The zero-order chi connectivity index (χ0) is 25.2. The van der Waals surface area contributed by atoms with Gasteiger partial charge in [0.15, 0.2) is 0 Å². The number of carbonyl (C=O) groups excluding carboxylic acids is 1. The molecule has 6 fully saturated rings. The highest BCUT2D eigenvalue weighted by Crippen LogP contribution is 2.89. The molecule has 6 unspecified atom stereocenters. The first kappa shape index (κ1) is 24.7. The number of fused-ring (bicyclic) bond motifs is 4. The van der Waals surface area contributed by atoms with Gasteiger partial charge in [-0.2, -0.15) is 0 Å². The molecule has 12 atom stereocenters. The van der Waals surface area contributed by atoms with Gasteiger partial charge in [-0.15, -0.1) is 0 Å². The zero-order valence-corrected chi connectivity index (χ0v) is 22.8. The molecule has 5 heteroatoms. The molecule has 0 radical (unpaired) electrons. The Morgan fingerprint density at radius 1 is 1.00 bits per heavy atom. The summed E-state index contributed by atoms with van der Waals surface area (Å²) in [5.41, 5.74) is 0.609. The normalized spacial score (nSPS) is 57.7. The summed E-state index contributed by atoms with van der Waals surface area (Å²) in [7, 11) is 1.44. The molecule has 5 saturated carbocycles. The fourth-order valence-corrected chi connectivity index (χ4v) is 12.0. The Morgan fingerprint density at radius 3 is 2.40 bits per heavy atom. The molecule has 6 aliphatic rings. The monoisotopic (exact) mass is 488 g/mol. The standard InChI is InChI=1S/C30H48O5/c1-17-15-18(7-10-22(32)34-6)35-24-23(17)27(4)13-14-30-16-29(30)12-11-21(31)26(2,3)19(29)8-9-20(30)28(27,5)25(24)33/h17-21,23-25,31,33H,7-16H2,1-6H3/t17?,18?,19-,20-,21?,23?,24?,25-,27+,28+,29+,30?/m0/s1. The summed E-state index contributed by atoms with van der Waals surface area (Å²) in [6.07, 6.45) is 9.47. The number of carbonyl (C=O) groups is 1. The van der Waals surface area contributed by atoms with E-state index < -0.39 is 6.10 Å². The number of rotatable bonds is 3. The van der Waals surface area contributed by atoms with E-state index in [0.717, 1.165) is 19.3 Å². The molecule has 1 aliphatic heterocycles. The van der Waals surface area contributed by atoms with E-state index in [1.165, 1.54) is 39.2 Å². The van der Waals surface area contributed by atoms with Crippen LogP contribution in [0.5, 0.6) is 0 Å². The second-order valence-electron chi connectivity index (χ2n) is 14.8. The zero-order valence-electron chi connectivity index (χ0n) is 22.8. The van der Waals surface area contributed by atoms with Gasteiger partial charge in [0.1, 0.15) is 0 Å². The first-order chi connectivity index (χ1) is 16.4. The molecule has 0 amide bonds. The molecule has 5 aliphatic carbocycles. The van der Waals surface area contributed by atoms with Crippen LogP contribution in [-0.4, -0.2) is 47.7 Å². The highest BCUT2D eigenvalue weighted by Gasteiger charge is 2.84. The first-order valence-corrected chi connectivity index (χ1v) is 14.5. The Hall–Kier alpha value is -0.650. The summed E-state index contributed by atoms with van der Waals surface area (Å²) in [4.78, 5) is 11.8. The van der Waals surface area contributed by atoms with E-state index in [0.29, 0.717) is 47.3 Å². The van der Waals surface area contributed by atoms with E-state index >= 15 is 0 Å². The van der Waals surface area contributed by atoms with Gasteiger partial charge in [0, 0.05) is 11.8 Å². The lowest BCUT2D eigenvalue weighted by molar-refractivity contribution is -0.182. The summed E-state index contributed by atoms with van der Waals surface area (Å²) in [6.45, 7) is 11.9. The fraction of sp³-hybridized carbons (Fsp3) is 0.967. The van der Waals surface area contributed by atoms with Crippen molar-refractivity contribution in [2.75, 3.05) is 7.11 Å². The first-order valence-electron chi connectivity index (χ1n) is 14.5. The van der Waals surface area contributed by atoms with E-state index in [2.05, 4.69) is 34.6 Å². The number of aliphatic hydroxyl groups is 2. The maximum absolute atomic E-state index is 12.2. The van der Waals surface area contributed by atoms with Crippen molar-refractivity contribution in [3.63, 3.8) is 0 Å². The van der Waals surface area contributed by atoms with Crippen LogP contribution in [0, 0.1) is 50.7 Å². The Bertz CT molecular complexity index is 901. The molecule has 0 bridgehead atoms. The maximum atomic E-state index is 12.2. The lowest BCUT2D eigenvalue weighted by atomic mass is 9.41. The van der Waals surface area contributed by atoms with Gasteiger partial charge >= 0.3 is 5.97 Å². The third kappa shape index (κ3) is 2.79. The number of methoxy groups -OCH3 is 1. The molecule has 1 heterocycles. The highest BCUT2D eigenvalue weighted by atomic mass is 16.5. The Morgan fingerprint density at radius 2 is 1.69 bits per heavy atom. The van der Waals surface area contributed by atoms with Gasteiger partial charge in [-0.25, -0.2) is 0 Å². The topological polar surface area (TPSA) is 76.0 Å². The van der Waals surface area contributed by atoms with Crippen molar-refractivity contribution in [2.45, 2.75) is 123 Å². The highest BCUT2D eigenvalue weighted by molar-refractivity contribution is 5.69. The number of esters is 1. The van der Waals surface area contributed by atoms with E-state index in [1.54, 1.807) is 0 Å². The van der Waals surface area contributed by atoms with Crippen molar-refractivity contribution in [3.05, 3.63) is 0 Å². The van der Waals surface area contributed by atoms with Crippen molar-refractivity contribution < 1.29 is 24.5 Å². The molecule has 5 nitrogen and oxygen atoms in total. The minimum Gasteiger partial charge on any atom is -0.469 e. The SMILES string of the molecule is COC(=O)CCC1CC(C)C2C(O1)[C@H](O)[C@@]1(C)[C@@H]3CC[C@H]4C(C)(C)C(O)CC[C@@]45CC35CC[C@]21C. The molecule has 35 heavy (non-hydrogen) atoms. The molecule has 2 N–H and O–H groups in total. The lowest BCUT2D eigenvalue weighted by Crippen LogP contribution is -2.59. The van der Waals surface area contributed by atoms with Crippen molar-refractivity contribution >= 4 is 5.97 Å². The van der Waals surface area contributed by atoms with Crippen LogP contribution in [-0.2, 0) is 14.3 Å². The minimum atomic E-state index is -0.459. The van der Waals surface area contributed by atoms with Gasteiger partial charge in [0.25, 0.3) is 0 Å². The van der Waals surface area contributed by atoms with Crippen LogP contribution in [0.1, 0.15) is 98.8 Å². The minimum absolute atomic E-state index is 0.0128. The van der Waals surface area contributed by atoms with E-state index in [1.807, 2.05) is 0 Å². The summed E-state index contributed by atoms with van der Waals surface area (Å²) >= 11 is 0. The van der Waals surface area contributed by atoms with Crippen molar-refractivity contribution in [2.24, 2.45) is 50.7 Å². The Balaban J connectivity index is 1.31. The number of hydrogen-bond donors (Lipinski definition) is 2. The van der Waals surface area contributed by atoms with Crippen LogP contribution in [0.25, 0.3) is 0 Å². The average molecular weight is 489 g/mol. The van der Waals surface area contributed by atoms with Gasteiger partial charge in [-0.1, -0.05) is 34.6 Å². The number of hydrogen-bond acceptors (Lipinski definition) is 5. The van der Waals surface area contributed by atoms with Crippen LogP contribution < -0.4 is 0 Å². The smallest absolute Gasteiger partial charge is 0.305 e. The van der Waals surface area contributed by atoms with Crippen LogP contribution in [0.3, 0.4) is 0 Å². The van der Waals surface area contributed by atoms with E-state index in [9.17, 15) is 15.0 Å². The molecule has 198 valence electrons. The van der Waals surface area contributed by atoms with Crippen LogP contribution >= 0.6 is 0 Å². The quantitative estimate of drug-likeness (QED) is 0.540.